The standard InChI is InChI=1S/C11H12O2/c1-7(2)8-3-4-9-10(12)6-13-11(9)5-8/h3-7,12H,1-2H3. The Kier molecular flexibility index (Phi) is 1.76. The van der Waals surface area contributed by atoms with E-state index in [1.807, 2.05) is 18.2 Å². The van der Waals surface area contributed by atoms with Crippen LogP contribution in [0, 0.1) is 0 Å². The summed E-state index contributed by atoms with van der Waals surface area (Å²) in [7, 11) is 0. The Bertz CT molecular complexity index is 427. The van der Waals surface area contributed by atoms with Crippen LogP contribution in [0.4, 0.5) is 0 Å². The summed E-state index contributed by atoms with van der Waals surface area (Å²) < 4.78 is 5.19. The molecule has 0 unspecified atom stereocenters. The Morgan fingerprint density at radius 3 is 2.77 bits per heavy atom. The maximum Gasteiger partial charge on any atom is 0.161 e. The topological polar surface area (TPSA) is 33.4 Å². The van der Waals surface area contributed by atoms with Gasteiger partial charge in [-0.1, -0.05) is 19.9 Å². The summed E-state index contributed by atoms with van der Waals surface area (Å²) in [6, 6.07) is 5.88. The predicted octanol–water partition coefficient (Wildman–Crippen LogP) is 3.26. The van der Waals surface area contributed by atoms with Crippen molar-refractivity contribution in [2.45, 2.75) is 19.8 Å². The second kappa shape index (κ2) is 2.80. The second-order valence-corrected chi connectivity index (χ2v) is 3.53. The van der Waals surface area contributed by atoms with Crippen molar-refractivity contribution in [3.63, 3.8) is 0 Å². The molecule has 2 aromatic rings. The summed E-state index contributed by atoms with van der Waals surface area (Å²) in [6.07, 6.45) is 1.37. The fourth-order valence-corrected chi connectivity index (χ4v) is 1.39. The number of hydrogen-bond donors (Lipinski definition) is 1. The van der Waals surface area contributed by atoms with Gasteiger partial charge >= 0.3 is 0 Å². The van der Waals surface area contributed by atoms with Gasteiger partial charge in [-0.25, -0.2) is 0 Å². The molecule has 1 aromatic heterocycles. The van der Waals surface area contributed by atoms with E-state index in [4.69, 9.17) is 4.42 Å². The zero-order valence-corrected chi connectivity index (χ0v) is 7.74. The van der Waals surface area contributed by atoms with E-state index in [2.05, 4.69) is 13.8 Å². The maximum atomic E-state index is 9.35. The van der Waals surface area contributed by atoms with Crippen molar-refractivity contribution in [3.05, 3.63) is 30.0 Å². The van der Waals surface area contributed by atoms with Gasteiger partial charge in [0.1, 0.15) is 11.8 Å². The summed E-state index contributed by atoms with van der Waals surface area (Å²) in [5.41, 5.74) is 1.98. The van der Waals surface area contributed by atoms with Gasteiger partial charge in [0.15, 0.2) is 5.75 Å². The Balaban J connectivity index is 2.63. The highest BCUT2D eigenvalue weighted by atomic mass is 16.4. The number of aromatic hydroxyl groups is 1. The molecule has 0 atom stereocenters. The number of rotatable bonds is 1. The van der Waals surface area contributed by atoms with E-state index in [1.54, 1.807) is 0 Å². The molecule has 0 aliphatic carbocycles. The fraction of sp³-hybridized carbons (Fsp3) is 0.273. The smallest absolute Gasteiger partial charge is 0.161 e. The summed E-state index contributed by atoms with van der Waals surface area (Å²) in [4.78, 5) is 0. The molecule has 0 bridgehead atoms. The zero-order chi connectivity index (χ0) is 9.42. The molecule has 0 spiro atoms. The van der Waals surface area contributed by atoms with Gasteiger partial charge in [0.2, 0.25) is 0 Å². The van der Waals surface area contributed by atoms with E-state index < -0.39 is 0 Å². The molecular formula is C11H12O2. The van der Waals surface area contributed by atoms with E-state index in [0.29, 0.717) is 5.92 Å². The quantitative estimate of drug-likeness (QED) is 0.723. The average Bonchev–Trinajstić information content (AvgIpc) is 2.47. The highest BCUT2D eigenvalue weighted by Crippen LogP contribution is 2.29. The van der Waals surface area contributed by atoms with Crippen LogP contribution in [0.3, 0.4) is 0 Å². The van der Waals surface area contributed by atoms with Gasteiger partial charge in [-0.15, -0.1) is 0 Å². The normalized spacial score (nSPS) is 11.3. The first-order valence-electron chi connectivity index (χ1n) is 4.38. The number of hydrogen-bond acceptors (Lipinski definition) is 2. The number of fused-ring (bicyclic) bond motifs is 1. The van der Waals surface area contributed by atoms with Crippen LogP contribution < -0.4 is 0 Å². The lowest BCUT2D eigenvalue weighted by Crippen LogP contribution is -1.84. The summed E-state index contributed by atoms with van der Waals surface area (Å²) >= 11 is 0. The van der Waals surface area contributed by atoms with Crippen molar-refractivity contribution >= 4 is 11.0 Å². The maximum absolute atomic E-state index is 9.35. The van der Waals surface area contributed by atoms with Crippen LogP contribution in [0.1, 0.15) is 25.3 Å². The van der Waals surface area contributed by atoms with Gasteiger partial charge < -0.3 is 9.52 Å². The molecule has 0 saturated carbocycles. The lowest BCUT2D eigenvalue weighted by Gasteiger charge is -2.03. The fourth-order valence-electron chi connectivity index (χ4n) is 1.39. The number of benzene rings is 1. The molecule has 68 valence electrons. The first kappa shape index (κ1) is 8.17. The molecule has 0 amide bonds. The van der Waals surface area contributed by atoms with Crippen LogP contribution in [0.15, 0.2) is 28.9 Å². The van der Waals surface area contributed by atoms with Crippen LogP contribution in [0.2, 0.25) is 0 Å². The van der Waals surface area contributed by atoms with Crippen LogP contribution in [0.5, 0.6) is 5.75 Å². The Labute approximate surface area is 76.8 Å². The Morgan fingerprint density at radius 2 is 2.08 bits per heavy atom. The van der Waals surface area contributed by atoms with Gasteiger partial charge in [0.05, 0.1) is 5.39 Å². The van der Waals surface area contributed by atoms with Crippen molar-refractivity contribution in [3.8, 4) is 5.75 Å². The Hall–Kier alpha value is -1.44. The molecule has 0 fully saturated rings. The number of furan rings is 1. The minimum atomic E-state index is 0.213. The average molecular weight is 176 g/mol. The lowest BCUT2D eigenvalue weighted by molar-refractivity contribution is 0.464. The predicted molar refractivity (Wildman–Crippen MR) is 52.0 cm³/mol. The molecule has 0 aliphatic heterocycles. The van der Waals surface area contributed by atoms with E-state index in [-0.39, 0.29) is 5.75 Å². The summed E-state index contributed by atoms with van der Waals surface area (Å²) in [6.45, 7) is 4.26. The van der Waals surface area contributed by atoms with Gasteiger partial charge in [-0.05, 0) is 23.6 Å². The van der Waals surface area contributed by atoms with Crippen LogP contribution in [0.25, 0.3) is 11.0 Å². The minimum Gasteiger partial charge on any atom is -0.504 e. The van der Waals surface area contributed by atoms with Gasteiger partial charge in [0, 0.05) is 0 Å². The minimum absolute atomic E-state index is 0.213. The van der Waals surface area contributed by atoms with Gasteiger partial charge in [-0.2, -0.15) is 0 Å². The van der Waals surface area contributed by atoms with E-state index >= 15 is 0 Å². The highest BCUT2D eigenvalue weighted by Gasteiger charge is 2.06. The third-order valence-electron chi connectivity index (χ3n) is 2.25. The molecule has 1 heterocycles. The van der Waals surface area contributed by atoms with Crippen LogP contribution in [-0.4, -0.2) is 5.11 Å². The largest absolute Gasteiger partial charge is 0.504 e. The van der Waals surface area contributed by atoms with Crippen LogP contribution >= 0.6 is 0 Å². The molecule has 1 N–H and O–H groups in total. The molecule has 2 nitrogen and oxygen atoms in total. The summed E-state index contributed by atoms with van der Waals surface area (Å²) in [5.74, 6) is 0.696. The van der Waals surface area contributed by atoms with Crippen molar-refractivity contribution in [1.29, 1.82) is 0 Å². The van der Waals surface area contributed by atoms with Gasteiger partial charge in [-0.3, -0.25) is 0 Å². The van der Waals surface area contributed by atoms with Crippen molar-refractivity contribution in [1.82, 2.24) is 0 Å². The Morgan fingerprint density at radius 1 is 1.31 bits per heavy atom. The van der Waals surface area contributed by atoms with E-state index in [1.165, 1.54) is 11.8 Å². The van der Waals surface area contributed by atoms with Crippen molar-refractivity contribution in [2.75, 3.05) is 0 Å². The molecule has 0 radical (unpaired) electrons. The molecule has 13 heavy (non-hydrogen) atoms. The molecular weight excluding hydrogens is 164 g/mol. The third-order valence-corrected chi connectivity index (χ3v) is 2.25. The first-order chi connectivity index (χ1) is 6.18. The highest BCUT2D eigenvalue weighted by molar-refractivity contribution is 5.84. The van der Waals surface area contributed by atoms with Gasteiger partial charge in [0.25, 0.3) is 0 Å². The first-order valence-corrected chi connectivity index (χ1v) is 4.38. The monoisotopic (exact) mass is 176 g/mol. The molecule has 2 heteroatoms. The lowest BCUT2D eigenvalue weighted by atomic mass is 10.0. The molecule has 2 rings (SSSR count). The second-order valence-electron chi connectivity index (χ2n) is 3.53. The molecule has 1 aromatic carbocycles. The van der Waals surface area contributed by atoms with Crippen LogP contribution in [-0.2, 0) is 0 Å². The zero-order valence-electron chi connectivity index (χ0n) is 7.74. The van der Waals surface area contributed by atoms with Crippen molar-refractivity contribution < 1.29 is 9.52 Å². The SMILES string of the molecule is CC(C)c1ccc2c(O)coc2c1. The molecule has 0 saturated heterocycles. The van der Waals surface area contributed by atoms with E-state index in [9.17, 15) is 5.11 Å². The third kappa shape index (κ3) is 1.28. The van der Waals surface area contributed by atoms with E-state index in [0.717, 1.165) is 11.0 Å². The molecule has 0 aliphatic rings. The summed E-state index contributed by atoms with van der Waals surface area (Å²) in [5, 5.41) is 10.1. The van der Waals surface area contributed by atoms with Crippen molar-refractivity contribution in [2.24, 2.45) is 0 Å².